The van der Waals surface area contributed by atoms with E-state index >= 15 is 0 Å². The molecule has 4 heterocycles. The first-order valence-corrected chi connectivity index (χ1v) is 13.2. The van der Waals surface area contributed by atoms with Crippen LogP contribution in [-0.2, 0) is 23.8 Å². The van der Waals surface area contributed by atoms with Crippen LogP contribution < -0.4 is 10.6 Å². The number of halogens is 3. The summed E-state index contributed by atoms with van der Waals surface area (Å²) in [6, 6.07) is 8.19. The van der Waals surface area contributed by atoms with Crippen molar-refractivity contribution < 1.29 is 23.1 Å². The smallest absolute Gasteiger partial charge is 0.390 e. The monoisotopic (exact) mass is 546 g/mol. The van der Waals surface area contributed by atoms with E-state index in [9.17, 15) is 23.1 Å². The average molecular weight is 547 g/mol. The quantitative estimate of drug-likeness (QED) is 0.357. The number of nitrogens with one attached hydrogen (secondary N) is 3. The van der Waals surface area contributed by atoms with Gasteiger partial charge in [-0.15, -0.1) is 0 Å². The van der Waals surface area contributed by atoms with Crippen molar-refractivity contribution in [2.75, 3.05) is 49.9 Å². The van der Waals surface area contributed by atoms with Crippen LogP contribution in [0.3, 0.4) is 0 Å². The van der Waals surface area contributed by atoms with Gasteiger partial charge in [0.1, 0.15) is 11.0 Å². The average Bonchev–Trinajstić information content (AvgIpc) is 3.21. The summed E-state index contributed by atoms with van der Waals surface area (Å²) in [4.78, 5) is 23.0. The number of likely N-dealkylation sites (tertiary alicyclic amines) is 1. The predicted octanol–water partition coefficient (Wildman–Crippen LogP) is 2.67. The van der Waals surface area contributed by atoms with Crippen LogP contribution in [-0.4, -0.2) is 92.4 Å². The largest absolute Gasteiger partial charge is 0.451 e. The number of alkyl halides is 3. The summed E-state index contributed by atoms with van der Waals surface area (Å²) in [5, 5.41) is 23.7. The standard InChI is InChI=1S/C26H33F3N8O2/c1-16(38)37-12-8-19(9-13-37)31-24-22-21(32-25(33-24)26(27,28)29)23(35-34-22)30-14-20(39)15-36-10-6-17-4-2-3-5-18(17)7-11-36/h2-5,19-20,39H,6-15H2,1H3,(H2,30,34,35)(H,31,32,33)/t20-/m0/s1. The predicted molar refractivity (Wildman–Crippen MR) is 140 cm³/mol. The van der Waals surface area contributed by atoms with Gasteiger partial charge in [0.25, 0.3) is 0 Å². The van der Waals surface area contributed by atoms with E-state index in [0.717, 1.165) is 25.9 Å². The highest BCUT2D eigenvalue weighted by Crippen LogP contribution is 2.32. The minimum absolute atomic E-state index is 0.00146. The molecule has 2 aliphatic heterocycles. The highest BCUT2D eigenvalue weighted by atomic mass is 19.4. The first-order chi connectivity index (χ1) is 18.7. The number of nitrogens with zero attached hydrogens (tertiary/aromatic N) is 5. The van der Waals surface area contributed by atoms with Gasteiger partial charge >= 0.3 is 6.18 Å². The molecule has 39 heavy (non-hydrogen) atoms. The Morgan fingerprint density at radius 2 is 1.77 bits per heavy atom. The van der Waals surface area contributed by atoms with Crippen molar-refractivity contribution in [2.24, 2.45) is 0 Å². The number of amides is 1. The van der Waals surface area contributed by atoms with E-state index in [4.69, 9.17) is 0 Å². The molecular weight excluding hydrogens is 513 g/mol. The molecule has 2 aliphatic rings. The molecule has 2 aromatic heterocycles. The highest BCUT2D eigenvalue weighted by Gasteiger charge is 2.37. The third kappa shape index (κ3) is 6.41. The van der Waals surface area contributed by atoms with Crippen molar-refractivity contribution in [1.82, 2.24) is 30.0 Å². The maximum Gasteiger partial charge on any atom is 0.451 e. The van der Waals surface area contributed by atoms with Crippen LogP contribution in [0.15, 0.2) is 24.3 Å². The summed E-state index contributed by atoms with van der Waals surface area (Å²) in [5.41, 5.74) is 2.90. The SMILES string of the molecule is CC(=O)N1CCC(Nc2nc(C(F)(F)F)nc3c(NC[C@H](O)CN4CCc5ccccc5CC4)n[nH]c23)CC1. The van der Waals surface area contributed by atoms with Crippen LogP contribution in [0.4, 0.5) is 24.8 Å². The number of hydrogen-bond acceptors (Lipinski definition) is 8. The molecule has 10 nitrogen and oxygen atoms in total. The van der Waals surface area contributed by atoms with Gasteiger partial charge in [0, 0.05) is 52.2 Å². The summed E-state index contributed by atoms with van der Waals surface area (Å²) >= 11 is 0. The molecule has 0 spiro atoms. The van der Waals surface area contributed by atoms with Crippen LogP contribution >= 0.6 is 0 Å². The second-order valence-corrected chi connectivity index (χ2v) is 10.2. The molecule has 3 aromatic rings. The number of aliphatic hydroxyl groups is 1. The number of fused-ring (bicyclic) bond motifs is 2. The van der Waals surface area contributed by atoms with E-state index < -0.39 is 18.1 Å². The molecule has 210 valence electrons. The van der Waals surface area contributed by atoms with E-state index in [2.05, 4.69) is 47.8 Å². The molecule has 13 heteroatoms. The Morgan fingerprint density at radius 1 is 1.10 bits per heavy atom. The maximum atomic E-state index is 13.7. The van der Waals surface area contributed by atoms with Crippen molar-refractivity contribution >= 4 is 28.6 Å². The van der Waals surface area contributed by atoms with E-state index in [-0.39, 0.29) is 41.2 Å². The fraction of sp³-hybridized carbons (Fsp3) is 0.538. The second-order valence-electron chi connectivity index (χ2n) is 10.2. The zero-order valence-corrected chi connectivity index (χ0v) is 21.8. The van der Waals surface area contributed by atoms with Crippen molar-refractivity contribution in [3.8, 4) is 0 Å². The van der Waals surface area contributed by atoms with Gasteiger partial charge in [-0.05, 0) is 36.8 Å². The first kappa shape index (κ1) is 27.1. The Morgan fingerprint density at radius 3 is 2.38 bits per heavy atom. The second kappa shape index (κ2) is 11.3. The van der Waals surface area contributed by atoms with Gasteiger partial charge in [0.2, 0.25) is 11.7 Å². The summed E-state index contributed by atoms with van der Waals surface area (Å²) in [6.45, 7) is 4.71. The maximum absolute atomic E-state index is 13.7. The van der Waals surface area contributed by atoms with E-state index in [1.54, 1.807) is 4.90 Å². The molecule has 4 N–H and O–H groups in total. The number of hydrogen-bond donors (Lipinski definition) is 4. The molecule has 0 saturated carbocycles. The van der Waals surface area contributed by atoms with Crippen LogP contribution in [0.5, 0.6) is 0 Å². The third-order valence-electron chi connectivity index (χ3n) is 7.43. The highest BCUT2D eigenvalue weighted by molar-refractivity contribution is 5.93. The molecular formula is C26H33F3N8O2. The Labute approximate surface area is 224 Å². The lowest BCUT2D eigenvalue weighted by Crippen LogP contribution is -2.41. The number of aromatic amines is 1. The van der Waals surface area contributed by atoms with E-state index in [1.165, 1.54) is 18.1 Å². The molecule has 0 aliphatic carbocycles. The number of aromatic nitrogens is 4. The summed E-state index contributed by atoms with van der Waals surface area (Å²) in [6.07, 6.45) is -2.53. The lowest BCUT2D eigenvalue weighted by Gasteiger charge is -2.32. The fourth-order valence-corrected chi connectivity index (χ4v) is 5.26. The van der Waals surface area contributed by atoms with Gasteiger partial charge in [-0.1, -0.05) is 24.3 Å². The lowest BCUT2D eigenvalue weighted by molar-refractivity contribution is -0.144. The van der Waals surface area contributed by atoms with Gasteiger partial charge in [-0.2, -0.15) is 18.3 Å². The summed E-state index contributed by atoms with van der Waals surface area (Å²) < 4.78 is 41.0. The molecule has 1 aromatic carbocycles. The van der Waals surface area contributed by atoms with Gasteiger partial charge < -0.3 is 25.5 Å². The minimum Gasteiger partial charge on any atom is -0.390 e. The molecule has 5 rings (SSSR count). The lowest BCUT2D eigenvalue weighted by atomic mass is 10.0. The summed E-state index contributed by atoms with van der Waals surface area (Å²) in [5.74, 6) is -1.16. The van der Waals surface area contributed by atoms with E-state index in [0.29, 0.717) is 32.5 Å². The molecule has 0 unspecified atom stereocenters. The van der Waals surface area contributed by atoms with Crippen molar-refractivity contribution in [2.45, 2.75) is 50.9 Å². The molecule has 1 atom stereocenters. The van der Waals surface area contributed by atoms with Gasteiger partial charge in [0.15, 0.2) is 11.6 Å². The Balaban J connectivity index is 1.25. The molecule has 0 bridgehead atoms. The molecule has 1 saturated heterocycles. The first-order valence-electron chi connectivity index (χ1n) is 13.2. The number of carbonyl (C=O) groups is 1. The number of benzene rings is 1. The number of anilines is 2. The molecule has 1 amide bonds. The minimum atomic E-state index is -4.75. The van der Waals surface area contributed by atoms with Crippen LogP contribution in [0.25, 0.3) is 11.0 Å². The van der Waals surface area contributed by atoms with Crippen molar-refractivity contribution in [3.63, 3.8) is 0 Å². The Hall–Kier alpha value is -3.45. The summed E-state index contributed by atoms with van der Waals surface area (Å²) in [7, 11) is 0. The number of β-amino-alcohol motifs (C(OH)–C–C–N with tert-alkyl or cyclic N) is 1. The number of carbonyl (C=O) groups excluding carboxylic acids is 1. The number of H-pyrrole nitrogens is 1. The fourth-order valence-electron chi connectivity index (χ4n) is 5.26. The topological polar surface area (TPSA) is 122 Å². The Kier molecular flexibility index (Phi) is 7.89. The third-order valence-corrected chi connectivity index (χ3v) is 7.43. The Bertz CT molecular complexity index is 1280. The van der Waals surface area contributed by atoms with Gasteiger partial charge in [-0.3, -0.25) is 9.89 Å². The van der Waals surface area contributed by atoms with Crippen molar-refractivity contribution in [3.05, 3.63) is 41.2 Å². The zero-order valence-electron chi connectivity index (χ0n) is 21.8. The number of piperidine rings is 1. The van der Waals surface area contributed by atoms with Gasteiger partial charge in [-0.25, -0.2) is 9.97 Å². The van der Waals surface area contributed by atoms with Crippen LogP contribution in [0.1, 0.15) is 36.7 Å². The molecule has 0 radical (unpaired) electrons. The number of aliphatic hydroxyl groups excluding tert-OH is 1. The number of rotatable bonds is 7. The van der Waals surface area contributed by atoms with Crippen LogP contribution in [0, 0.1) is 0 Å². The van der Waals surface area contributed by atoms with Crippen LogP contribution in [0.2, 0.25) is 0 Å². The van der Waals surface area contributed by atoms with Gasteiger partial charge in [0.05, 0.1) is 6.10 Å². The van der Waals surface area contributed by atoms with E-state index in [1.807, 2.05) is 12.1 Å². The normalized spacial score (nSPS) is 18.0. The zero-order chi connectivity index (χ0) is 27.6. The van der Waals surface area contributed by atoms with Crippen molar-refractivity contribution in [1.29, 1.82) is 0 Å². The molecule has 1 fully saturated rings.